The monoisotopic (exact) mass is 269 g/mol. The fourth-order valence-corrected chi connectivity index (χ4v) is 2.38. The molecule has 0 radical (unpaired) electrons. The first-order valence-electron chi connectivity index (χ1n) is 5.79. The van der Waals surface area contributed by atoms with Gasteiger partial charge in [-0.2, -0.15) is 0 Å². The first-order chi connectivity index (χ1) is 9.42. The Balaban J connectivity index is 1.69. The lowest BCUT2D eigenvalue weighted by molar-refractivity contribution is 1.07. The average Bonchev–Trinajstić information content (AvgIpc) is 2.96. The molecule has 0 spiro atoms. The molecule has 5 nitrogen and oxygen atoms in total. The van der Waals surface area contributed by atoms with E-state index in [4.69, 9.17) is 0 Å². The molecule has 0 atom stereocenters. The van der Waals surface area contributed by atoms with Crippen LogP contribution in [0, 0.1) is 0 Å². The van der Waals surface area contributed by atoms with Gasteiger partial charge in [0, 0.05) is 29.7 Å². The summed E-state index contributed by atoms with van der Waals surface area (Å²) in [6, 6.07) is 7.60. The van der Waals surface area contributed by atoms with Gasteiger partial charge in [-0.15, -0.1) is 11.3 Å². The molecular formula is C13H11N5S. The summed E-state index contributed by atoms with van der Waals surface area (Å²) in [5.74, 6) is 0.621. The van der Waals surface area contributed by atoms with Gasteiger partial charge in [-0.3, -0.25) is 4.98 Å². The van der Waals surface area contributed by atoms with Crippen LogP contribution in [0.15, 0.2) is 49.1 Å². The molecular weight excluding hydrogens is 258 g/mol. The molecule has 0 saturated carbocycles. The molecule has 0 aliphatic rings. The molecule has 19 heavy (non-hydrogen) atoms. The van der Waals surface area contributed by atoms with Crippen LogP contribution in [0.4, 0.5) is 5.95 Å². The maximum atomic E-state index is 4.37. The van der Waals surface area contributed by atoms with E-state index in [0.29, 0.717) is 12.5 Å². The number of aromatic nitrogens is 4. The van der Waals surface area contributed by atoms with E-state index in [1.54, 1.807) is 36.0 Å². The Bertz CT molecular complexity index is 638. The molecule has 94 valence electrons. The van der Waals surface area contributed by atoms with E-state index < -0.39 is 0 Å². The summed E-state index contributed by atoms with van der Waals surface area (Å²) >= 11 is 1.61. The third-order valence-corrected chi connectivity index (χ3v) is 3.44. The van der Waals surface area contributed by atoms with Gasteiger partial charge in [0.05, 0.1) is 12.2 Å². The topological polar surface area (TPSA) is 63.6 Å². The van der Waals surface area contributed by atoms with Crippen LogP contribution in [0.1, 0.15) is 4.88 Å². The van der Waals surface area contributed by atoms with Gasteiger partial charge in [0.25, 0.3) is 0 Å². The minimum absolute atomic E-state index is 0.621. The van der Waals surface area contributed by atoms with Crippen molar-refractivity contribution in [1.29, 1.82) is 0 Å². The number of anilines is 1. The van der Waals surface area contributed by atoms with E-state index in [9.17, 15) is 0 Å². The van der Waals surface area contributed by atoms with Crippen molar-refractivity contribution in [2.75, 3.05) is 5.32 Å². The van der Waals surface area contributed by atoms with Gasteiger partial charge >= 0.3 is 0 Å². The van der Waals surface area contributed by atoms with Crippen LogP contribution in [-0.4, -0.2) is 19.9 Å². The van der Waals surface area contributed by atoms with E-state index in [2.05, 4.69) is 25.3 Å². The van der Waals surface area contributed by atoms with Crippen LogP contribution >= 0.6 is 11.3 Å². The molecule has 6 heteroatoms. The number of hydrogen-bond acceptors (Lipinski definition) is 6. The zero-order chi connectivity index (χ0) is 12.9. The second-order valence-electron chi connectivity index (χ2n) is 3.77. The second-order valence-corrected chi connectivity index (χ2v) is 4.89. The van der Waals surface area contributed by atoms with E-state index in [1.807, 2.05) is 24.4 Å². The van der Waals surface area contributed by atoms with Crippen molar-refractivity contribution in [3.8, 4) is 10.7 Å². The highest BCUT2D eigenvalue weighted by Gasteiger charge is 2.05. The van der Waals surface area contributed by atoms with Gasteiger partial charge in [-0.05, 0) is 18.2 Å². The Morgan fingerprint density at radius 1 is 0.947 bits per heavy atom. The van der Waals surface area contributed by atoms with Crippen LogP contribution in [0.5, 0.6) is 0 Å². The second kappa shape index (κ2) is 5.53. The van der Waals surface area contributed by atoms with E-state index in [-0.39, 0.29) is 0 Å². The van der Waals surface area contributed by atoms with Crippen molar-refractivity contribution in [3.05, 3.63) is 53.9 Å². The zero-order valence-electron chi connectivity index (χ0n) is 10.0. The van der Waals surface area contributed by atoms with Crippen molar-refractivity contribution in [2.45, 2.75) is 6.54 Å². The lowest BCUT2D eigenvalue weighted by atomic mass is 10.4. The summed E-state index contributed by atoms with van der Waals surface area (Å²) in [6.07, 6.45) is 7.04. The van der Waals surface area contributed by atoms with Gasteiger partial charge < -0.3 is 5.32 Å². The highest BCUT2D eigenvalue weighted by atomic mass is 32.1. The third-order valence-electron chi connectivity index (χ3n) is 2.42. The molecule has 0 aliphatic carbocycles. The molecule has 3 aromatic heterocycles. The SMILES string of the molecule is c1ccc(-c2ncc(CNc3ncccn3)s2)nc1. The predicted octanol–water partition coefficient (Wildman–Crippen LogP) is 2.61. The van der Waals surface area contributed by atoms with Crippen LogP contribution in [0.25, 0.3) is 10.7 Å². The summed E-state index contributed by atoms with van der Waals surface area (Å²) in [5, 5.41) is 4.08. The summed E-state index contributed by atoms with van der Waals surface area (Å²) in [5.41, 5.74) is 0.898. The van der Waals surface area contributed by atoms with Gasteiger partial charge in [0.15, 0.2) is 0 Å². The number of rotatable bonds is 4. The van der Waals surface area contributed by atoms with Crippen LogP contribution in [0.3, 0.4) is 0 Å². The Morgan fingerprint density at radius 2 is 1.79 bits per heavy atom. The molecule has 3 rings (SSSR count). The normalized spacial score (nSPS) is 10.3. The molecule has 0 fully saturated rings. The Labute approximate surface area is 114 Å². The van der Waals surface area contributed by atoms with E-state index in [0.717, 1.165) is 15.6 Å². The van der Waals surface area contributed by atoms with Gasteiger partial charge in [0.1, 0.15) is 5.01 Å². The maximum absolute atomic E-state index is 4.37. The summed E-state index contributed by atoms with van der Waals surface area (Å²) < 4.78 is 0. The molecule has 3 aromatic rings. The van der Waals surface area contributed by atoms with Crippen molar-refractivity contribution >= 4 is 17.3 Å². The highest BCUT2D eigenvalue weighted by Crippen LogP contribution is 2.23. The molecule has 0 aliphatic heterocycles. The zero-order valence-corrected chi connectivity index (χ0v) is 10.8. The quantitative estimate of drug-likeness (QED) is 0.788. The number of thiazole rings is 1. The fraction of sp³-hybridized carbons (Fsp3) is 0.0769. The molecule has 0 unspecified atom stereocenters. The molecule has 1 N–H and O–H groups in total. The minimum atomic E-state index is 0.621. The van der Waals surface area contributed by atoms with Crippen molar-refractivity contribution in [1.82, 2.24) is 19.9 Å². The third kappa shape index (κ3) is 2.92. The van der Waals surface area contributed by atoms with Gasteiger partial charge in [-0.1, -0.05) is 6.07 Å². The smallest absolute Gasteiger partial charge is 0.222 e. The van der Waals surface area contributed by atoms with E-state index in [1.165, 1.54) is 0 Å². The lowest BCUT2D eigenvalue weighted by Gasteiger charge is -2.00. The molecule has 0 saturated heterocycles. The number of hydrogen-bond donors (Lipinski definition) is 1. The number of nitrogens with zero attached hydrogens (tertiary/aromatic N) is 4. The highest BCUT2D eigenvalue weighted by molar-refractivity contribution is 7.15. The van der Waals surface area contributed by atoms with Gasteiger partial charge in [-0.25, -0.2) is 15.0 Å². The molecule has 0 aromatic carbocycles. The van der Waals surface area contributed by atoms with Crippen LogP contribution < -0.4 is 5.32 Å². The van der Waals surface area contributed by atoms with E-state index >= 15 is 0 Å². The molecule has 3 heterocycles. The number of nitrogens with one attached hydrogen (secondary N) is 1. The Morgan fingerprint density at radius 3 is 2.58 bits per heavy atom. The number of pyridine rings is 1. The van der Waals surface area contributed by atoms with Crippen molar-refractivity contribution in [2.24, 2.45) is 0 Å². The Hall–Kier alpha value is -2.34. The average molecular weight is 269 g/mol. The molecule has 0 amide bonds. The standard InChI is InChI=1S/C13H11N5S/c1-2-5-14-11(4-1)12-17-8-10(19-12)9-18-13-15-6-3-7-16-13/h1-8H,9H2,(H,15,16,18). The van der Waals surface area contributed by atoms with Gasteiger partial charge in [0.2, 0.25) is 5.95 Å². The lowest BCUT2D eigenvalue weighted by Crippen LogP contribution is -2.01. The predicted molar refractivity (Wildman–Crippen MR) is 74.7 cm³/mol. The summed E-state index contributed by atoms with van der Waals surface area (Å²) in [7, 11) is 0. The van der Waals surface area contributed by atoms with Crippen LogP contribution in [-0.2, 0) is 6.54 Å². The maximum Gasteiger partial charge on any atom is 0.222 e. The largest absolute Gasteiger partial charge is 0.349 e. The first kappa shape index (κ1) is 11.7. The minimum Gasteiger partial charge on any atom is -0.349 e. The fourth-order valence-electron chi connectivity index (χ4n) is 1.55. The Kier molecular flexibility index (Phi) is 3.42. The summed E-state index contributed by atoms with van der Waals surface area (Å²) in [4.78, 5) is 18.0. The van der Waals surface area contributed by atoms with Crippen LogP contribution in [0.2, 0.25) is 0 Å². The summed E-state index contributed by atoms with van der Waals surface area (Å²) in [6.45, 7) is 0.661. The molecule has 0 bridgehead atoms. The van der Waals surface area contributed by atoms with Crippen molar-refractivity contribution in [3.63, 3.8) is 0 Å². The first-order valence-corrected chi connectivity index (χ1v) is 6.60. The van der Waals surface area contributed by atoms with Crippen molar-refractivity contribution < 1.29 is 0 Å².